The summed E-state index contributed by atoms with van der Waals surface area (Å²) in [4.78, 5) is 23.3. The second kappa shape index (κ2) is 8.63. The van der Waals surface area contributed by atoms with Gasteiger partial charge < -0.3 is 20.4 Å². The average Bonchev–Trinajstić information content (AvgIpc) is 2.26. The lowest BCUT2D eigenvalue weighted by Crippen LogP contribution is -2.50. The van der Waals surface area contributed by atoms with Crippen molar-refractivity contribution in [1.29, 1.82) is 0 Å². The number of carbonyl (C=O) groups is 2. The largest absolute Gasteiger partial charge is 0.480 e. The van der Waals surface area contributed by atoms with Crippen molar-refractivity contribution < 1.29 is 28.6 Å². The number of alkyl halides is 2. The lowest BCUT2D eigenvalue weighted by atomic mass is 10.0. The number of halogens is 2. The molecule has 0 rings (SSSR count). The Balaban J connectivity index is 4.60. The van der Waals surface area contributed by atoms with E-state index in [2.05, 4.69) is 5.32 Å². The van der Waals surface area contributed by atoms with Gasteiger partial charge in [-0.25, -0.2) is 18.4 Å². The van der Waals surface area contributed by atoms with Crippen LogP contribution in [0, 0.1) is 5.92 Å². The van der Waals surface area contributed by atoms with Crippen LogP contribution in [0.15, 0.2) is 0 Å². The summed E-state index contributed by atoms with van der Waals surface area (Å²) in [5.41, 5.74) is 0. The van der Waals surface area contributed by atoms with Crippen molar-refractivity contribution in [3.8, 4) is 0 Å². The first-order valence-electron chi connectivity index (χ1n) is 5.95. The second-order valence-electron chi connectivity index (χ2n) is 4.53. The molecule has 1 atom stereocenters. The molecule has 3 N–H and O–H groups in total. The van der Waals surface area contributed by atoms with E-state index in [1.54, 1.807) is 13.8 Å². The van der Waals surface area contributed by atoms with Crippen LogP contribution in [0.5, 0.6) is 0 Å². The summed E-state index contributed by atoms with van der Waals surface area (Å²) in [5.74, 6) is -1.19. The molecular weight excluding hydrogens is 262 g/mol. The summed E-state index contributed by atoms with van der Waals surface area (Å²) in [6.45, 7) is 1.98. The summed E-state index contributed by atoms with van der Waals surface area (Å²) in [6, 6.07) is -2.05. The van der Waals surface area contributed by atoms with Gasteiger partial charge in [0.1, 0.15) is 6.04 Å². The third-order valence-electron chi connectivity index (χ3n) is 2.32. The van der Waals surface area contributed by atoms with Crippen molar-refractivity contribution >= 4 is 12.0 Å². The number of aliphatic carboxylic acids is 1. The van der Waals surface area contributed by atoms with Crippen molar-refractivity contribution in [2.45, 2.75) is 32.7 Å². The zero-order valence-electron chi connectivity index (χ0n) is 11.0. The molecule has 1 unspecified atom stereocenters. The topological polar surface area (TPSA) is 89.9 Å². The van der Waals surface area contributed by atoms with Gasteiger partial charge in [-0.2, -0.15) is 0 Å². The lowest BCUT2D eigenvalue weighted by molar-refractivity contribution is -0.139. The second-order valence-corrected chi connectivity index (χ2v) is 4.53. The van der Waals surface area contributed by atoms with Crippen molar-refractivity contribution in [2.75, 3.05) is 19.7 Å². The minimum Gasteiger partial charge on any atom is -0.480 e. The first-order valence-corrected chi connectivity index (χ1v) is 5.95. The standard InChI is InChI=1S/C11H20F2N2O4/c1-7(2)5-8(10(17)18)14-11(19)15(3-4-16)6-9(12)13/h7-9,16H,3-6H2,1-2H3,(H,14,19)(H,17,18). The molecule has 0 aromatic rings. The molecule has 8 heteroatoms. The van der Waals surface area contributed by atoms with Crippen LogP contribution in [0.3, 0.4) is 0 Å². The van der Waals surface area contributed by atoms with Crippen molar-refractivity contribution in [3.63, 3.8) is 0 Å². The Bertz CT molecular complexity index is 300. The van der Waals surface area contributed by atoms with Gasteiger partial charge in [0.2, 0.25) is 0 Å². The molecule has 0 heterocycles. The SMILES string of the molecule is CC(C)CC(NC(=O)N(CCO)CC(F)F)C(=O)O. The summed E-state index contributed by atoms with van der Waals surface area (Å²) in [7, 11) is 0. The van der Waals surface area contributed by atoms with Gasteiger partial charge >= 0.3 is 12.0 Å². The highest BCUT2D eigenvalue weighted by Crippen LogP contribution is 2.06. The molecule has 0 bridgehead atoms. The van der Waals surface area contributed by atoms with E-state index in [1.807, 2.05) is 0 Å². The number of amides is 2. The number of carboxylic acid groups (broad SMARTS) is 1. The molecule has 0 aromatic heterocycles. The van der Waals surface area contributed by atoms with Crippen LogP contribution in [0.4, 0.5) is 13.6 Å². The number of carboxylic acids is 1. The molecular formula is C11H20F2N2O4. The number of hydrogen-bond donors (Lipinski definition) is 3. The van der Waals surface area contributed by atoms with E-state index < -0.39 is 37.6 Å². The van der Waals surface area contributed by atoms with Crippen LogP contribution < -0.4 is 5.32 Å². The smallest absolute Gasteiger partial charge is 0.326 e. The summed E-state index contributed by atoms with van der Waals surface area (Å²) in [5, 5.41) is 19.8. The first-order chi connectivity index (χ1) is 8.77. The molecule has 0 saturated carbocycles. The molecule has 0 aliphatic carbocycles. The van der Waals surface area contributed by atoms with Crippen LogP contribution in [0.2, 0.25) is 0 Å². The molecule has 112 valence electrons. The number of aliphatic hydroxyl groups excluding tert-OH is 1. The van der Waals surface area contributed by atoms with Crippen LogP contribution >= 0.6 is 0 Å². The zero-order chi connectivity index (χ0) is 15.0. The number of rotatable bonds is 8. The van der Waals surface area contributed by atoms with E-state index in [0.29, 0.717) is 4.90 Å². The van der Waals surface area contributed by atoms with Gasteiger partial charge in [0.15, 0.2) is 0 Å². The van der Waals surface area contributed by atoms with Gasteiger partial charge in [0.25, 0.3) is 6.43 Å². The number of aliphatic hydroxyl groups is 1. The predicted molar refractivity (Wildman–Crippen MR) is 64.1 cm³/mol. The fourth-order valence-corrected chi connectivity index (χ4v) is 1.50. The van der Waals surface area contributed by atoms with E-state index in [0.717, 1.165) is 0 Å². The molecule has 19 heavy (non-hydrogen) atoms. The summed E-state index contributed by atoms with van der Waals surface area (Å²) < 4.78 is 24.5. The number of urea groups is 1. The third kappa shape index (κ3) is 7.55. The van der Waals surface area contributed by atoms with Crippen LogP contribution in [0.1, 0.15) is 20.3 Å². The zero-order valence-corrected chi connectivity index (χ0v) is 11.0. The van der Waals surface area contributed by atoms with E-state index in [-0.39, 0.29) is 18.9 Å². The van der Waals surface area contributed by atoms with Crippen LogP contribution in [-0.2, 0) is 4.79 Å². The fourth-order valence-electron chi connectivity index (χ4n) is 1.50. The van der Waals surface area contributed by atoms with E-state index >= 15 is 0 Å². The highest BCUT2D eigenvalue weighted by Gasteiger charge is 2.25. The summed E-state index contributed by atoms with van der Waals surface area (Å²) >= 11 is 0. The number of nitrogens with zero attached hydrogens (tertiary/aromatic N) is 1. The quantitative estimate of drug-likeness (QED) is 0.613. The number of carbonyl (C=O) groups excluding carboxylic acids is 1. The van der Waals surface area contributed by atoms with E-state index in [9.17, 15) is 18.4 Å². The number of hydrogen-bond acceptors (Lipinski definition) is 3. The Morgan fingerprint density at radius 1 is 1.32 bits per heavy atom. The molecule has 0 aliphatic rings. The van der Waals surface area contributed by atoms with Crippen molar-refractivity contribution in [3.05, 3.63) is 0 Å². The maximum absolute atomic E-state index is 12.3. The van der Waals surface area contributed by atoms with Gasteiger partial charge in [-0.3, -0.25) is 0 Å². The first kappa shape index (κ1) is 17.6. The highest BCUT2D eigenvalue weighted by atomic mass is 19.3. The van der Waals surface area contributed by atoms with E-state index in [1.165, 1.54) is 0 Å². The van der Waals surface area contributed by atoms with Gasteiger partial charge in [0.05, 0.1) is 13.2 Å². The van der Waals surface area contributed by atoms with Gasteiger partial charge in [-0.1, -0.05) is 13.8 Å². The van der Waals surface area contributed by atoms with Gasteiger partial charge in [-0.05, 0) is 12.3 Å². The Morgan fingerprint density at radius 3 is 2.26 bits per heavy atom. The van der Waals surface area contributed by atoms with E-state index in [4.69, 9.17) is 10.2 Å². The van der Waals surface area contributed by atoms with Crippen molar-refractivity contribution in [2.24, 2.45) is 5.92 Å². The highest BCUT2D eigenvalue weighted by molar-refractivity contribution is 5.82. The summed E-state index contributed by atoms with van der Waals surface area (Å²) in [6.07, 6.45) is -2.55. The maximum atomic E-state index is 12.3. The molecule has 0 aromatic carbocycles. The third-order valence-corrected chi connectivity index (χ3v) is 2.32. The number of nitrogens with one attached hydrogen (secondary N) is 1. The fraction of sp³-hybridized carbons (Fsp3) is 0.818. The Hall–Kier alpha value is -1.44. The van der Waals surface area contributed by atoms with Crippen LogP contribution in [0.25, 0.3) is 0 Å². The molecule has 2 amide bonds. The minimum absolute atomic E-state index is 0.0304. The van der Waals surface area contributed by atoms with Crippen molar-refractivity contribution in [1.82, 2.24) is 10.2 Å². The minimum atomic E-state index is -2.74. The maximum Gasteiger partial charge on any atom is 0.326 e. The van der Waals surface area contributed by atoms with Crippen LogP contribution in [-0.4, -0.2) is 59.3 Å². The van der Waals surface area contributed by atoms with Gasteiger partial charge in [0, 0.05) is 6.54 Å². The Morgan fingerprint density at radius 2 is 1.89 bits per heavy atom. The normalized spacial score (nSPS) is 12.6. The molecule has 0 fully saturated rings. The monoisotopic (exact) mass is 282 g/mol. The molecule has 0 aliphatic heterocycles. The predicted octanol–water partition coefficient (Wildman–Crippen LogP) is 0.755. The van der Waals surface area contributed by atoms with Gasteiger partial charge in [-0.15, -0.1) is 0 Å². The Labute approximate surface area is 110 Å². The molecule has 0 saturated heterocycles. The average molecular weight is 282 g/mol. The Kier molecular flexibility index (Phi) is 7.97. The molecule has 0 spiro atoms. The molecule has 0 radical (unpaired) electrons. The molecule has 6 nitrogen and oxygen atoms in total. The lowest BCUT2D eigenvalue weighted by Gasteiger charge is -2.24.